The van der Waals surface area contributed by atoms with E-state index in [2.05, 4.69) is 15.3 Å². The normalized spacial score (nSPS) is 16.6. The summed E-state index contributed by atoms with van der Waals surface area (Å²) in [6.45, 7) is 1.98. The van der Waals surface area contributed by atoms with E-state index in [0.29, 0.717) is 30.9 Å². The Labute approximate surface area is 186 Å². The van der Waals surface area contributed by atoms with Crippen LogP contribution in [0.1, 0.15) is 56.6 Å². The minimum atomic E-state index is -4.53. The molecule has 2 aromatic heterocycles. The van der Waals surface area contributed by atoms with Gasteiger partial charge < -0.3 is 10.0 Å². The van der Waals surface area contributed by atoms with E-state index in [-0.39, 0.29) is 22.9 Å². The van der Waals surface area contributed by atoms with Crippen LogP contribution < -0.4 is 0 Å². The largest absolute Gasteiger partial charge is 0.478 e. The van der Waals surface area contributed by atoms with Crippen LogP contribution in [0.15, 0.2) is 42.6 Å². The lowest BCUT2D eigenvalue weighted by Gasteiger charge is -2.31. The molecule has 1 N–H and O–H groups in total. The number of likely N-dealkylation sites (tertiary alicyclic amines) is 1. The number of carboxylic acid groups (broad SMARTS) is 1. The van der Waals surface area contributed by atoms with Crippen LogP contribution in [-0.2, 0) is 6.18 Å². The number of hydrogen-bond acceptors (Lipinski definition) is 5. The van der Waals surface area contributed by atoms with Crippen LogP contribution in [0.5, 0.6) is 0 Å². The first-order valence-corrected chi connectivity index (χ1v) is 10.2. The molecule has 0 spiro atoms. The van der Waals surface area contributed by atoms with Gasteiger partial charge >= 0.3 is 12.1 Å². The molecular weight excluding hydrogens is 439 g/mol. The van der Waals surface area contributed by atoms with E-state index in [0.717, 1.165) is 18.6 Å². The summed E-state index contributed by atoms with van der Waals surface area (Å²) < 4.78 is 40.3. The fraction of sp³-hybridized carbons (Fsp3) is 0.318. The lowest BCUT2D eigenvalue weighted by molar-refractivity contribution is -0.138. The van der Waals surface area contributed by atoms with E-state index < -0.39 is 23.6 Å². The molecule has 8 nitrogen and oxygen atoms in total. The molecule has 1 amide bonds. The number of carboxylic acids is 1. The Kier molecular flexibility index (Phi) is 5.88. The Bertz CT molecular complexity index is 1210. The Morgan fingerprint density at radius 2 is 1.91 bits per heavy atom. The van der Waals surface area contributed by atoms with Crippen LogP contribution in [0, 0.1) is 6.92 Å². The maximum atomic E-state index is 13.0. The average Bonchev–Trinajstić information content (AvgIpc) is 3.28. The molecule has 1 unspecified atom stereocenters. The van der Waals surface area contributed by atoms with Gasteiger partial charge in [0.2, 0.25) is 0 Å². The van der Waals surface area contributed by atoms with Gasteiger partial charge in [-0.15, -0.1) is 5.10 Å². The third-order valence-electron chi connectivity index (χ3n) is 5.63. The van der Waals surface area contributed by atoms with Crippen LogP contribution in [0.2, 0.25) is 0 Å². The standard InChI is InChI=1S/C22H20F3N5O3/c1-13-16(22(23,24)25)8-9-17(26-13)20(31)29-10-4-5-14(11-29)18-12-30(28-27-18)19-7-3-2-6-15(19)21(32)33/h2-3,6-9,12,14H,4-5,10-11H2,1H3,(H,32,33). The molecule has 1 fully saturated rings. The molecule has 1 aromatic carbocycles. The van der Waals surface area contributed by atoms with Crippen LogP contribution in [0.3, 0.4) is 0 Å². The van der Waals surface area contributed by atoms with Crippen LogP contribution in [0.25, 0.3) is 5.69 Å². The number of pyridine rings is 1. The highest BCUT2D eigenvalue weighted by Gasteiger charge is 2.34. The van der Waals surface area contributed by atoms with Crippen molar-refractivity contribution in [3.63, 3.8) is 0 Å². The topological polar surface area (TPSA) is 101 Å². The number of nitrogens with zero attached hydrogens (tertiary/aromatic N) is 5. The Balaban J connectivity index is 1.53. The Morgan fingerprint density at radius 3 is 2.61 bits per heavy atom. The number of amides is 1. The second-order valence-electron chi connectivity index (χ2n) is 7.83. The van der Waals surface area contributed by atoms with Crippen LogP contribution in [-0.4, -0.2) is 55.0 Å². The summed E-state index contributed by atoms with van der Waals surface area (Å²) in [4.78, 5) is 29.8. The smallest absolute Gasteiger partial charge is 0.418 e. The molecule has 1 atom stereocenters. The summed E-state index contributed by atoms with van der Waals surface area (Å²) in [7, 11) is 0. The number of para-hydroxylation sites is 1. The van der Waals surface area contributed by atoms with E-state index in [1.54, 1.807) is 29.3 Å². The van der Waals surface area contributed by atoms with Crippen LogP contribution in [0.4, 0.5) is 13.2 Å². The zero-order valence-corrected chi connectivity index (χ0v) is 17.6. The predicted octanol–water partition coefficient (Wildman–Crippen LogP) is 3.71. The molecule has 1 aliphatic rings. The fourth-order valence-electron chi connectivity index (χ4n) is 3.98. The summed E-state index contributed by atoms with van der Waals surface area (Å²) in [5.41, 5.74) is -0.102. The molecule has 11 heteroatoms. The molecular formula is C22H20F3N5O3. The fourth-order valence-corrected chi connectivity index (χ4v) is 3.98. The van der Waals surface area contributed by atoms with Crippen molar-refractivity contribution in [2.45, 2.75) is 31.9 Å². The van der Waals surface area contributed by atoms with Crippen molar-refractivity contribution in [1.82, 2.24) is 24.9 Å². The van der Waals surface area contributed by atoms with E-state index in [9.17, 15) is 27.9 Å². The summed E-state index contributed by atoms with van der Waals surface area (Å²) >= 11 is 0. The van der Waals surface area contributed by atoms with E-state index >= 15 is 0 Å². The van der Waals surface area contributed by atoms with Gasteiger partial charge in [-0.05, 0) is 44.0 Å². The first-order valence-electron chi connectivity index (χ1n) is 10.2. The SMILES string of the molecule is Cc1nc(C(=O)N2CCCC(c3cn(-c4ccccc4C(=O)O)nn3)C2)ccc1C(F)(F)F. The summed E-state index contributed by atoms with van der Waals surface area (Å²) in [6, 6.07) is 8.38. The van der Waals surface area contributed by atoms with Crippen molar-refractivity contribution in [3.8, 4) is 5.69 Å². The molecule has 3 heterocycles. The van der Waals surface area contributed by atoms with Gasteiger partial charge in [0.05, 0.1) is 34.4 Å². The molecule has 0 saturated carbocycles. The number of alkyl halides is 3. The average molecular weight is 459 g/mol. The number of aromatic carboxylic acids is 1. The summed E-state index contributed by atoms with van der Waals surface area (Å²) in [5.74, 6) is -1.68. The summed E-state index contributed by atoms with van der Waals surface area (Å²) in [5, 5.41) is 17.6. The monoisotopic (exact) mass is 459 g/mol. The van der Waals surface area contributed by atoms with Gasteiger partial charge in [0.1, 0.15) is 5.69 Å². The van der Waals surface area contributed by atoms with Gasteiger partial charge in [-0.25, -0.2) is 14.5 Å². The zero-order valence-electron chi connectivity index (χ0n) is 17.6. The van der Waals surface area contributed by atoms with Gasteiger partial charge in [-0.2, -0.15) is 13.2 Å². The lowest BCUT2D eigenvalue weighted by Crippen LogP contribution is -2.39. The predicted molar refractivity (Wildman–Crippen MR) is 110 cm³/mol. The highest BCUT2D eigenvalue weighted by Crippen LogP contribution is 2.32. The van der Waals surface area contributed by atoms with E-state index in [1.807, 2.05) is 0 Å². The van der Waals surface area contributed by atoms with Crippen molar-refractivity contribution in [2.75, 3.05) is 13.1 Å². The van der Waals surface area contributed by atoms with Crippen molar-refractivity contribution < 1.29 is 27.9 Å². The molecule has 1 aliphatic heterocycles. The van der Waals surface area contributed by atoms with Gasteiger partial charge in [0, 0.05) is 19.0 Å². The van der Waals surface area contributed by atoms with Gasteiger partial charge in [-0.3, -0.25) is 4.79 Å². The Hall–Kier alpha value is -3.76. The molecule has 4 rings (SSSR count). The number of carbonyl (C=O) groups is 2. The van der Waals surface area contributed by atoms with Crippen molar-refractivity contribution in [3.05, 3.63) is 70.8 Å². The minimum Gasteiger partial charge on any atom is -0.478 e. The number of carbonyl (C=O) groups excluding carboxylic acids is 1. The Morgan fingerprint density at radius 1 is 1.15 bits per heavy atom. The zero-order chi connectivity index (χ0) is 23.8. The lowest BCUT2D eigenvalue weighted by atomic mass is 9.95. The third-order valence-corrected chi connectivity index (χ3v) is 5.63. The molecule has 33 heavy (non-hydrogen) atoms. The van der Waals surface area contributed by atoms with Gasteiger partial charge in [-0.1, -0.05) is 17.3 Å². The quantitative estimate of drug-likeness (QED) is 0.638. The second kappa shape index (κ2) is 8.64. The molecule has 0 aliphatic carbocycles. The highest BCUT2D eigenvalue weighted by atomic mass is 19.4. The number of aromatic nitrogens is 4. The second-order valence-corrected chi connectivity index (χ2v) is 7.83. The van der Waals surface area contributed by atoms with Crippen molar-refractivity contribution in [1.29, 1.82) is 0 Å². The van der Waals surface area contributed by atoms with Crippen molar-refractivity contribution >= 4 is 11.9 Å². The van der Waals surface area contributed by atoms with E-state index in [1.165, 1.54) is 17.7 Å². The number of hydrogen-bond donors (Lipinski definition) is 1. The van der Waals surface area contributed by atoms with Crippen molar-refractivity contribution in [2.24, 2.45) is 0 Å². The first-order chi connectivity index (χ1) is 15.6. The number of halogens is 3. The number of benzene rings is 1. The first kappa shape index (κ1) is 22.4. The van der Waals surface area contributed by atoms with Gasteiger partial charge in [0.25, 0.3) is 5.91 Å². The number of aryl methyl sites for hydroxylation is 1. The third kappa shape index (κ3) is 4.57. The maximum absolute atomic E-state index is 13.0. The highest BCUT2D eigenvalue weighted by molar-refractivity contribution is 5.92. The molecule has 1 saturated heterocycles. The van der Waals surface area contributed by atoms with E-state index in [4.69, 9.17) is 0 Å². The number of piperidine rings is 1. The summed E-state index contributed by atoms with van der Waals surface area (Å²) in [6.07, 6.45) is -1.47. The number of rotatable bonds is 4. The molecule has 3 aromatic rings. The molecule has 0 bridgehead atoms. The molecule has 0 radical (unpaired) electrons. The minimum absolute atomic E-state index is 0.0415. The maximum Gasteiger partial charge on any atom is 0.418 e. The van der Waals surface area contributed by atoms with Gasteiger partial charge in [0.15, 0.2) is 0 Å². The van der Waals surface area contributed by atoms with Crippen LogP contribution >= 0.6 is 0 Å². The molecule has 172 valence electrons.